The third-order valence-corrected chi connectivity index (χ3v) is 8.60. The fourth-order valence-corrected chi connectivity index (χ4v) is 6.07. The number of fused-ring (bicyclic) bond motifs is 1. The van der Waals surface area contributed by atoms with E-state index in [4.69, 9.17) is 47.4 Å². The smallest absolute Gasteiger partial charge is 0.303 e. The second-order valence-electron chi connectivity index (χ2n) is 12.5. The maximum absolute atomic E-state index is 12.6. The summed E-state index contributed by atoms with van der Waals surface area (Å²) in [5.41, 5.74) is 10.4. The molecule has 0 radical (unpaired) electrons. The minimum atomic E-state index is -1.23. The van der Waals surface area contributed by atoms with Crippen LogP contribution in [0.25, 0.3) is 10.4 Å². The van der Waals surface area contributed by atoms with Crippen LogP contribution in [-0.4, -0.2) is 106 Å². The minimum Gasteiger partial charge on any atom is -0.463 e. The molecule has 0 N–H and O–H groups in total. The van der Waals surface area contributed by atoms with Gasteiger partial charge in [0.15, 0.2) is 25.0 Å². The van der Waals surface area contributed by atoms with Crippen LogP contribution in [-0.2, 0) is 57.0 Å². The molecule has 0 spiro atoms. The van der Waals surface area contributed by atoms with Gasteiger partial charge in [-0.25, -0.2) is 0 Å². The number of hydrogen-bond donors (Lipinski definition) is 0. The van der Waals surface area contributed by atoms with Crippen molar-refractivity contribution in [3.05, 3.63) is 46.3 Å². The number of carbonyl (C=O) groups excluding carboxylic acids is 2. The molecule has 3 fully saturated rings. The first-order valence-corrected chi connectivity index (χ1v) is 17.8. The number of hydrogen-bond acceptors (Lipinski definition) is 13. The standard InChI is InChI=1S/C35H53N3O12/c1-6-9-17-41-30-27(37-38-36)34(43-19-11-8-3)47-25(20-44-22(4)39)28(30)50-35-32(46-23(5)40)31(42-18-10-7-2)29-26(48-35)21-45-33(49-29)24-15-13-12-14-16-24/h12-16,25-35H,6-11,17-21H2,1-5H3/t25?,26?,27-,28+,29+,30?,31?,32-,33?,34?,35-/m0/s1. The van der Waals surface area contributed by atoms with Crippen LogP contribution in [0.5, 0.6) is 0 Å². The van der Waals surface area contributed by atoms with Gasteiger partial charge in [0.1, 0.15) is 43.2 Å². The zero-order valence-electron chi connectivity index (χ0n) is 29.8. The lowest BCUT2D eigenvalue weighted by Crippen LogP contribution is -2.67. The molecule has 0 saturated carbocycles. The topological polar surface area (TPSA) is 175 Å². The summed E-state index contributed by atoms with van der Waals surface area (Å²) in [6.45, 7) is 9.62. The molecule has 11 atom stereocenters. The summed E-state index contributed by atoms with van der Waals surface area (Å²) in [7, 11) is 0. The molecule has 0 amide bonds. The molecular formula is C35H53N3O12. The van der Waals surface area contributed by atoms with Gasteiger partial charge in [-0.15, -0.1) is 0 Å². The van der Waals surface area contributed by atoms with E-state index in [1.165, 1.54) is 13.8 Å². The van der Waals surface area contributed by atoms with Crippen LogP contribution in [0.4, 0.5) is 0 Å². The molecule has 3 aliphatic heterocycles. The van der Waals surface area contributed by atoms with Gasteiger partial charge in [0.25, 0.3) is 0 Å². The van der Waals surface area contributed by atoms with Gasteiger partial charge in [0, 0.05) is 44.1 Å². The van der Waals surface area contributed by atoms with Crippen molar-refractivity contribution in [3.8, 4) is 0 Å². The lowest BCUT2D eigenvalue weighted by atomic mass is 9.95. The van der Waals surface area contributed by atoms with E-state index in [9.17, 15) is 15.1 Å². The quantitative estimate of drug-likeness (QED) is 0.0598. The van der Waals surface area contributed by atoms with Crippen LogP contribution in [0.2, 0.25) is 0 Å². The van der Waals surface area contributed by atoms with E-state index in [2.05, 4.69) is 10.0 Å². The van der Waals surface area contributed by atoms with Crippen LogP contribution in [0.1, 0.15) is 85.0 Å². The third kappa shape index (κ3) is 11.1. The number of carbonyl (C=O) groups is 2. The van der Waals surface area contributed by atoms with E-state index < -0.39 is 79.6 Å². The molecular weight excluding hydrogens is 654 g/mol. The number of unbranched alkanes of at least 4 members (excludes halogenated alkanes) is 3. The molecule has 3 saturated heterocycles. The number of azide groups is 1. The molecule has 15 nitrogen and oxygen atoms in total. The van der Waals surface area contributed by atoms with Crippen LogP contribution in [0.15, 0.2) is 35.4 Å². The van der Waals surface area contributed by atoms with E-state index in [0.717, 1.165) is 37.7 Å². The van der Waals surface area contributed by atoms with Gasteiger partial charge in [-0.1, -0.05) is 75.5 Å². The number of esters is 2. The Morgan fingerprint density at radius 1 is 0.820 bits per heavy atom. The van der Waals surface area contributed by atoms with Crippen LogP contribution in [0.3, 0.4) is 0 Å². The number of benzene rings is 1. The Labute approximate surface area is 294 Å². The molecule has 0 bridgehead atoms. The summed E-state index contributed by atoms with van der Waals surface area (Å²) in [6.07, 6.45) is -4.28. The molecule has 3 heterocycles. The lowest BCUT2D eigenvalue weighted by Gasteiger charge is -2.51. The molecule has 1 aromatic carbocycles. The fraction of sp³-hybridized carbons (Fsp3) is 0.771. The summed E-state index contributed by atoms with van der Waals surface area (Å²) >= 11 is 0. The molecule has 50 heavy (non-hydrogen) atoms. The average Bonchev–Trinajstić information content (AvgIpc) is 3.10. The van der Waals surface area contributed by atoms with E-state index >= 15 is 0 Å². The van der Waals surface area contributed by atoms with Gasteiger partial charge in [-0.3, -0.25) is 9.59 Å². The molecule has 15 heteroatoms. The zero-order chi connectivity index (χ0) is 35.9. The van der Waals surface area contributed by atoms with Crippen molar-refractivity contribution in [2.75, 3.05) is 33.0 Å². The Balaban J connectivity index is 1.70. The van der Waals surface area contributed by atoms with Gasteiger partial charge in [0.05, 0.1) is 12.7 Å². The molecule has 3 aliphatic rings. The highest BCUT2D eigenvalue weighted by atomic mass is 16.8. The van der Waals surface area contributed by atoms with Crippen molar-refractivity contribution in [3.63, 3.8) is 0 Å². The van der Waals surface area contributed by atoms with Crippen molar-refractivity contribution in [1.82, 2.24) is 0 Å². The van der Waals surface area contributed by atoms with Gasteiger partial charge in [0.2, 0.25) is 0 Å². The first-order chi connectivity index (χ1) is 24.3. The molecule has 1 aromatic rings. The van der Waals surface area contributed by atoms with Crippen molar-refractivity contribution in [2.45, 2.75) is 141 Å². The molecule has 4 rings (SSSR count). The highest BCUT2D eigenvalue weighted by molar-refractivity contribution is 5.66. The van der Waals surface area contributed by atoms with E-state index in [1.807, 2.05) is 51.1 Å². The van der Waals surface area contributed by atoms with Crippen LogP contribution < -0.4 is 0 Å². The Morgan fingerprint density at radius 3 is 2.10 bits per heavy atom. The van der Waals surface area contributed by atoms with Crippen LogP contribution >= 0.6 is 0 Å². The predicted molar refractivity (Wildman–Crippen MR) is 177 cm³/mol. The predicted octanol–water partition coefficient (Wildman–Crippen LogP) is 5.30. The van der Waals surface area contributed by atoms with Gasteiger partial charge >= 0.3 is 11.9 Å². The van der Waals surface area contributed by atoms with Crippen molar-refractivity contribution >= 4 is 11.9 Å². The summed E-state index contributed by atoms with van der Waals surface area (Å²) < 4.78 is 62.2. The number of nitrogens with zero attached hydrogens (tertiary/aromatic N) is 3. The normalized spacial score (nSPS) is 32.4. The maximum atomic E-state index is 12.6. The summed E-state index contributed by atoms with van der Waals surface area (Å²) in [5.74, 6) is -1.11. The highest BCUT2D eigenvalue weighted by Crippen LogP contribution is 2.39. The minimum absolute atomic E-state index is 0.133. The van der Waals surface area contributed by atoms with Crippen molar-refractivity contribution in [2.24, 2.45) is 5.11 Å². The Hall–Kier alpha value is -2.85. The van der Waals surface area contributed by atoms with E-state index in [0.29, 0.717) is 26.2 Å². The molecule has 0 aromatic heterocycles. The van der Waals surface area contributed by atoms with Gasteiger partial charge in [-0.2, -0.15) is 0 Å². The zero-order valence-corrected chi connectivity index (χ0v) is 29.8. The first-order valence-electron chi connectivity index (χ1n) is 17.8. The fourth-order valence-electron chi connectivity index (χ4n) is 6.07. The highest BCUT2D eigenvalue weighted by Gasteiger charge is 2.56. The Kier molecular flexibility index (Phi) is 16.7. The average molecular weight is 708 g/mol. The van der Waals surface area contributed by atoms with Crippen LogP contribution in [0, 0.1) is 0 Å². The van der Waals surface area contributed by atoms with Gasteiger partial charge < -0.3 is 47.4 Å². The second-order valence-corrected chi connectivity index (χ2v) is 12.5. The first kappa shape index (κ1) is 39.9. The summed E-state index contributed by atoms with van der Waals surface area (Å²) in [5, 5.41) is 4.04. The monoisotopic (exact) mass is 707 g/mol. The van der Waals surface area contributed by atoms with E-state index in [-0.39, 0.29) is 13.2 Å². The maximum Gasteiger partial charge on any atom is 0.303 e. The second kappa shape index (κ2) is 20.9. The molecule has 6 unspecified atom stereocenters. The summed E-state index contributed by atoms with van der Waals surface area (Å²) in [4.78, 5) is 27.7. The largest absolute Gasteiger partial charge is 0.463 e. The third-order valence-electron chi connectivity index (χ3n) is 8.60. The van der Waals surface area contributed by atoms with E-state index in [1.54, 1.807) is 0 Å². The van der Waals surface area contributed by atoms with Crippen molar-refractivity contribution in [1.29, 1.82) is 0 Å². The Bertz CT molecular complexity index is 1220. The summed E-state index contributed by atoms with van der Waals surface area (Å²) in [6, 6.07) is 8.53. The number of ether oxygens (including phenoxy) is 10. The number of rotatable bonds is 19. The molecule has 280 valence electrons. The SMILES string of the molecule is CCCCOC1OC(COC(C)=O)[C@@H](O[C@@H]2OC3COC(c4ccccc4)O[C@H]3C(OCCCC)[C@@H]2OC(C)=O)C(OCCCC)[C@@H]1N=[N+]=[N-]. The lowest BCUT2D eigenvalue weighted by molar-refractivity contribution is -0.385. The van der Waals surface area contributed by atoms with Gasteiger partial charge in [-0.05, 0) is 24.8 Å². The van der Waals surface area contributed by atoms with Crippen molar-refractivity contribution < 1.29 is 57.0 Å². The Morgan fingerprint density at radius 2 is 1.48 bits per heavy atom. The molecule has 0 aliphatic carbocycles.